The minimum absolute atomic E-state index is 0.0565. The minimum atomic E-state index is -1.44. The number of rotatable bonds is 5. The lowest BCUT2D eigenvalue weighted by atomic mass is 9.92. The van der Waals surface area contributed by atoms with Crippen molar-refractivity contribution in [2.45, 2.75) is 44.3 Å². The third-order valence-corrected chi connectivity index (χ3v) is 8.00. The van der Waals surface area contributed by atoms with E-state index in [2.05, 4.69) is 25.4 Å². The number of aryl methyl sites for hydroxylation is 2. The van der Waals surface area contributed by atoms with E-state index in [1.807, 2.05) is 25.1 Å². The summed E-state index contributed by atoms with van der Waals surface area (Å²) in [5.74, 6) is -1.30. The lowest BCUT2D eigenvalue weighted by molar-refractivity contribution is -0.210. The lowest BCUT2D eigenvalue weighted by Crippen LogP contribution is -2.53. The first kappa shape index (κ1) is 26.8. The Morgan fingerprint density at radius 3 is 2.55 bits per heavy atom. The summed E-state index contributed by atoms with van der Waals surface area (Å²) in [7, 11) is 0. The number of aromatic nitrogens is 7. The van der Waals surface area contributed by atoms with Crippen LogP contribution in [0.5, 0.6) is 0 Å². The second-order valence-electron chi connectivity index (χ2n) is 9.40. The molecule has 208 valence electrons. The molecular formula is C25H22ClF2N7O4S. The summed E-state index contributed by atoms with van der Waals surface area (Å²) < 4.78 is 37.7. The second kappa shape index (κ2) is 10.2. The summed E-state index contributed by atoms with van der Waals surface area (Å²) in [6.45, 7) is 3.03. The van der Waals surface area contributed by atoms with Crippen molar-refractivity contribution in [3.8, 4) is 16.9 Å². The highest BCUT2D eigenvalue weighted by atomic mass is 35.5. The zero-order valence-corrected chi connectivity index (χ0v) is 22.6. The van der Waals surface area contributed by atoms with Crippen LogP contribution >= 0.6 is 22.9 Å². The number of aliphatic hydroxyl groups excluding tert-OH is 3. The summed E-state index contributed by atoms with van der Waals surface area (Å²) in [6, 6.07) is 6.41. The fraction of sp³-hybridized carbons (Fsp3) is 0.320. The van der Waals surface area contributed by atoms with Gasteiger partial charge in [-0.15, -0.1) is 16.4 Å². The largest absolute Gasteiger partial charge is 0.394 e. The van der Waals surface area contributed by atoms with Crippen LogP contribution in [0.4, 0.5) is 8.78 Å². The van der Waals surface area contributed by atoms with Gasteiger partial charge >= 0.3 is 0 Å². The SMILES string of the molecule is Cc1nc([C@@H]2O[C@H](CO)[C@H](O)[C@H](n3cc(-c4cc(F)c(Cl)c(F)c4)nn3)[C@H]2O)n(-c2ccc3nc(C)sc3c2)n1. The van der Waals surface area contributed by atoms with Gasteiger partial charge in [0.15, 0.2) is 5.82 Å². The molecule has 3 aromatic heterocycles. The molecule has 0 bridgehead atoms. The van der Waals surface area contributed by atoms with Gasteiger partial charge in [0.05, 0.1) is 33.7 Å². The number of aliphatic hydroxyl groups is 3. The van der Waals surface area contributed by atoms with Crippen molar-refractivity contribution in [1.29, 1.82) is 0 Å². The van der Waals surface area contributed by atoms with E-state index in [4.69, 9.17) is 16.3 Å². The van der Waals surface area contributed by atoms with Crippen molar-refractivity contribution in [1.82, 2.24) is 34.7 Å². The highest BCUT2D eigenvalue weighted by Crippen LogP contribution is 2.39. The molecule has 0 aliphatic carbocycles. The molecule has 11 nitrogen and oxygen atoms in total. The Morgan fingerprint density at radius 2 is 1.82 bits per heavy atom. The zero-order valence-electron chi connectivity index (χ0n) is 21.0. The smallest absolute Gasteiger partial charge is 0.164 e. The normalized spacial score (nSPS) is 23.2. The van der Waals surface area contributed by atoms with Crippen LogP contribution in [-0.4, -0.2) is 75.0 Å². The summed E-state index contributed by atoms with van der Waals surface area (Å²) in [4.78, 5) is 8.98. The van der Waals surface area contributed by atoms with Crippen LogP contribution in [0.2, 0.25) is 5.02 Å². The number of halogens is 3. The molecule has 0 saturated carbocycles. The summed E-state index contributed by atoms with van der Waals surface area (Å²) in [5, 5.41) is 45.2. The van der Waals surface area contributed by atoms with Gasteiger partial charge < -0.3 is 20.1 Å². The van der Waals surface area contributed by atoms with Gasteiger partial charge in [-0.2, -0.15) is 5.10 Å². The van der Waals surface area contributed by atoms with E-state index in [1.54, 1.807) is 6.92 Å². The van der Waals surface area contributed by atoms with E-state index < -0.39 is 53.7 Å². The molecule has 1 aliphatic rings. The quantitative estimate of drug-likeness (QED) is 0.263. The molecule has 5 aromatic rings. The Bertz CT molecular complexity index is 1700. The summed E-state index contributed by atoms with van der Waals surface area (Å²) in [6.07, 6.45) is -3.81. The van der Waals surface area contributed by atoms with E-state index in [0.29, 0.717) is 11.5 Å². The Balaban J connectivity index is 1.39. The fourth-order valence-corrected chi connectivity index (χ4v) is 5.82. The first-order chi connectivity index (χ1) is 19.1. The monoisotopic (exact) mass is 589 g/mol. The topological polar surface area (TPSA) is 144 Å². The van der Waals surface area contributed by atoms with Crippen LogP contribution in [0.25, 0.3) is 27.2 Å². The maximum absolute atomic E-state index is 14.0. The van der Waals surface area contributed by atoms with Gasteiger partial charge in [-0.1, -0.05) is 16.8 Å². The van der Waals surface area contributed by atoms with Crippen molar-refractivity contribution in [2.24, 2.45) is 0 Å². The lowest BCUT2D eigenvalue weighted by Gasteiger charge is -2.41. The van der Waals surface area contributed by atoms with Crippen LogP contribution in [0.3, 0.4) is 0 Å². The Hall–Kier alpha value is -3.40. The molecule has 4 heterocycles. The maximum atomic E-state index is 14.0. The van der Waals surface area contributed by atoms with Crippen LogP contribution in [0, 0.1) is 25.5 Å². The number of hydrogen-bond donors (Lipinski definition) is 3. The first-order valence-electron chi connectivity index (χ1n) is 12.1. The molecule has 2 aromatic carbocycles. The molecule has 1 aliphatic heterocycles. The van der Waals surface area contributed by atoms with E-state index in [0.717, 1.165) is 27.4 Å². The number of hydrogen-bond acceptors (Lipinski definition) is 10. The Labute approximate surface area is 234 Å². The molecule has 1 fully saturated rings. The molecule has 0 amide bonds. The maximum Gasteiger partial charge on any atom is 0.164 e. The van der Waals surface area contributed by atoms with Crippen LogP contribution in [0.1, 0.15) is 28.8 Å². The Morgan fingerprint density at radius 1 is 1.07 bits per heavy atom. The molecule has 0 radical (unpaired) electrons. The predicted octanol–water partition coefficient (Wildman–Crippen LogP) is 3.08. The molecule has 40 heavy (non-hydrogen) atoms. The number of ether oxygens (including phenoxy) is 1. The fourth-order valence-electron chi connectivity index (χ4n) is 4.85. The molecule has 0 spiro atoms. The van der Waals surface area contributed by atoms with E-state index in [1.165, 1.54) is 26.9 Å². The second-order valence-corrected chi connectivity index (χ2v) is 11.0. The summed E-state index contributed by atoms with van der Waals surface area (Å²) >= 11 is 7.11. The van der Waals surface area contributed by atoms with Crippen molar-refractivity contribution in [3.63, 3.8) is 0 Å². The third kappa shape index (κ3) is 4.56. The van der Waals surface area contributed by atoms with Crippen LogP contribution < -0.4 is 0 Å². The molecule has 6 rings (SSSR count). The first-order valence-corrected chi connectivity index (χ1v) is 13.3. The minimum Gasteiger partial charge on any atom is -0.394 e. The molecule has 0 unspecified atom stereocenters. The van der Waals surface area contributed by atoms with Gasteiger partial charge in [-0.3, -0.25) is 0 Å². The van der Waals surface area contributed by atoms with Gasteiger partial charge in [-0.25, -0.2) is 28.1 Å². The van der Waals surface area contributed by atoms with Gasteiger partial charge in [0.25, 0.3) is 0 Å². The zero-order chi connectivity index (χ0) is 28.3. The molecule has 15 heteroatoms. The number of fused-ring (bicyclic) bond motifs is 1. The van der Waals surface area contributed by atoms with Gasteiger partial charge in [0, 0.05) is 5.56 Å². The number of benzene rings is 2. The molecule has 5 atom stereocenters. The molecule has 3 N–H and O–H groups in total. The third-order valence-electron chi connectivity index (χ3n) is 6.70. The van der Waals surface area contributed by atoms with Crippen LogP contribution in [-0.2, 0) is 4.74 Å². The number of thiazole rings is 1. The van der Waals surface area contributed by atoms with Gasteiger partial charge in [0.1, 0.15) is 58.6 Å². The van der Waals surface area contributed by atoms with Gasteiger partial charge in [-0.05, 0) is 44.2 Å². The number of nitrogens with zero attached hydrogens (tertiary/aromatic N) is 7. The van der Waals surface area contributed by atoms with Crippen molar-refractivity contribution in [2.75, 3.05) is 6.61 Å². The van der Waals surface area contributed by atoms with Crippen molar-refractivity contribution < 1.29 is 28.8 Å². The van der Waals surface area contributed by atoms with Crippen molar-refractivity contribution >= 4 is 33.2 Å². The van der Waals surface area contributed by atoms with E-state index in [-0.39, 0.29) is 17.1 Å². The predicted molar refractivity (Wildman–Crippen MR) is 140 cm³/mol. The van der Waals surface area contributed by atoms with E-state index >= 15 is 0 Å². The standard InChI is InChI=1S/C25H22ClF2N7O4S/c1-10-29-25(35(32-10)13-3-4-16-19(7-13)40-11(2)30-16)24-23(38)21(22(37)18(9-36)39-24)34-8-17(31-33-34)12-5-14(27)20(26)15(28)6-12/h3-8,18,21-24,36-38H,9H2,1-2H3/t18-,21+,22+,23-,24-/m1/s1. The van der Waals surface area contributed by atoms with Crippen molar-refractivity contribution in [3.05, 3.63) is 69.8 Å². The average Bonchev–Trinajstić information content (AvgIpc) is 3.64. The molecular weight excluding hydrogens is 568 g/mol. The van der Waals surface area contributed by atoms with Gasteiger partial charge in [0.2, 0.25) is 0 Å². The Kier molecular flexibility index (Phi) is 6.84. The van der Waals surface area contributed by atoms with Crippen LogP contribution in [0.15, 0.2) is 36.5 Å². The average molecular weight is 590 g/mol. The molecule has 1 saturated heterocycles. The van der Waals surface area contributed by atoms with E-state index in [9.17, 15) is 24.1 Å². The highest BCUT2D eigenvalue weighted by molar-refractivity contribution is 7.18. The highest BCUT2D eigenvalue weighted by Gasteiger charge is 2.48. The summed E-state index contributed by atoms with van der Waals surface area (Å²) in [5.41, 5.74) is 1.62.